The van der Waals surface area contributed by atoms with Crippen molar-refractivity contribution in [1.82, 2.24) is 14.9 Å². The summed E-state index contributed by atoms with van der Waals surface area (Å²) in [7, 11) is 1.66. The van der Waals surface area contributed by atoms with Crippen molar-refractivity contribution in [3.63, 3.8) is 0 Å². The molecule has 0 aliphatic rings. The second-order valence-corrected chi connectivity index (χ2v) is 6.56. The minimum Gasteiger partial charge on any atom is -0.347 e. The zero-order valence-corrected chi connectivity index (χ0v) is 14.0. The Morgan fingerprint density at radius 1 is 1.26 bits per heavy atom. The van der Waals surface area contributed by atoms with E-state index in [-0.39, 0.29) is 11.5 Å². The lowest BCUT2D eigenvalue weighted by atomic mass is 10.1. The van der Waals surface area contributed by atoms with Crippen LogP contribution in [0.5, 0.6) is 0 Å². The lowest BCUT2D eigenvalue weighted by molar-refractivity contribution is 0.0954. The number of carbonyl (C=O) groups is 1. The molecule has 23 heavy (non-hydrogen) atoms. The van der Waals surface area contributed by atoms with Gasteiger partial charge in [-0.15, -0.1) is 11.3 Å². The SMILES string of the molecule is Cc1ccc(CNC(=O)c2sc3ncn(C)c(=O)c3c2C)cc1. The van der Waals surface area contributed by atoms with E-state index in [1.54, 1.807) is 14.0 Å². The van der Waals surface area contributed by atoms with Gasteiger partial charge in [-0.2, -0.15) is 0 Å². The monoisotopic (exact) mass is 327 g/mol. The largest absolute Gasteiger partial charge is 0.347 e. The summed E-state index contributed by atoms with van der Waals surface area (Å²) in [6.07, 6.45) is 1.48. The molecule has 0 bridgehead atoms. The molecule has 1 aromatic carbocycles. The fourth-order valence-corrected chi connectivity index (χ4v) is 3.45. The van der Waals surface area contributed by atoms with Crippen molar-refractivity contribution < 1.29 is 4.79 Å². The quantitative estimate of drug-likeness (QED) is 0.804. The third-order valence-corrected chi connectivity index (χ3v) is 4.99. The van der Waals surface area contributed by atoms with E-state index in [1.807, 2.05) is 31.2 Å². The van der Waals surface area contributed by atoms with Gasteiger partial charge in [0.25, 0.3) is 11.5 Å². The molecule has 0 saturated heterocycles. The summed E-state index contributed by atoms with van der Waals surface area (Å²) in [5, 5.41) is 3.43. The van der Waals surface area contributed by atoms with Crippen LogP contribution in [0.25, 0.3) is 10.2 Å². The van der Waals surface area contributed by atoms with Crippen LogP contribution < -0.4 is 10.9 Å². The molecule has 1 amide bonds. The van der Waals surface area contributed by atoms with Crippen molar-refractivity contribution in [2.45, 2.75) is 20.4 Å². The second kappa shape index (κ2) is 5.96. The average Bonchev–Trinajstić information content (AvgIpc) is 2.88. The van der Waals surface area contributed by atoms with Crippen LogP contribution in [0.2, 0.25) is 0 Å². The Morgan fingerprint density at radius 2 is 1.96 bits per heavy atom. The lowest BCUT2D eigenvalue weighted by Gasteiger charge is -2.05. The highest BCUT2D eigenvalue weighted by molar-refractivity contribution is 7.20. The number of benzene rings is 1. The highest BCUT2D eigenvalue weighted by Crippen LogP contribution is 2.26. The van der Waals surface area contributed by atoms with E-state index in [9.17, 15) is 9.59 Å². The van der Waals surface area contributed by atoms with Crippen molar-refractivity contribution in [3.05, 3.63) is 62.5 Å². The van der Waals surface area contributed by atoms with E-state index in [2.05, 4.69) is 10.3 Å². The maximum Gasteiger partial charge on any atom is 0.262 e. The van der Waals surface area contributed by atoms with Gasteiger partial charge in [-0.25, -0.2) is 4.98 Å². The number of fused-ring (bicyclic) bond motifs is 1. The number of thiophene rings is 1. The third-order valence-electron chi connectivity index (χ3n) is 3.79. The molecule has 0 saturated carbocycles. The predicted molar refractivity (Wildman–Crippen MR) is 91.9 cm³/mol. The molecule has 3 rings (SSSR count). The molecular weight excluding hydrogens is 310 g/mol. The normalized spacial score (nSPS) is 10.9. The zero-order valence-electron chi connectivity index (χ0n) is 13.2. The molecule has 0 aliphatic carbocycles. The van der Waals surface area contributed by atoms with Crippen LogP contribution in [-0.2, 0) is 13.6 Å². The fourth-order valence-electron chi connectivity index (χ4n) is 2.39. The smallest absolute Gasteiger partial charge is 0.262 e. The van der Waals surface area contributed by atoms with Gasteiger partial charge in [0.05, 0.1) is 16.6 Å². The Morgan fingerprint density at radius 3 is 2.65 bits per heavy atom. The Balaban J connectivity index is 1.86. The number of amides is 1. The van der Waals surface area contributed by atoms with Crippen LogP contribution in [-0.4, -0.2) is 15.5 Å². The Labute approximate surface area is 137 Å². The number of nitrogens with zero attached hydrogens (tertiary/aromatic N) is 2. The number of aryl methyl sites for hydroxylation is 3. The van der Waals surface area contributed by atoms with Crippen LogP contribution in [0.1, 0.15) is 26.4 Å². The molecule has 0 spiro atoms. The molecule has 2 heterocycles. The van der Waals surface area contributed by atoms with Crippen molar-refractivity contribution in [1.29, 1.82) is 0 Å². The van der Waals surface area contributed by atoms with E-state index in [4.69, 9.17) is 0 Å². The van der Waals surface area contributed by atoms with E-state index in [1.165, 1.54) is 27.8 Å². The van der Waals surface area contributed by atoms with Gasteiger partial charge in [0.2, 0.25) is 0 Å². The van der Waals surface area contributed by atoms with Crippen molar-refractivity contribution in [2.75, 3.05) is 0 Å². The minimum absolute atomic E-state index is 0.124. The van der Waals surface area contributed by atoms with Crippen LogP contribution in [0.4, 0.5) is 0 Å². The van der Waals surface area contributed by atoms with Gasteiger partial charge in [0, 0.05) is 13.6 Å². The highest BCUT2D eigenvalue weighted by atomic mass is 32.1. The van der Waals surface area contributed by atoms with Crippen LogP contribution in [0.3, 0.4) is 0 Å². The van der Waals surface area contributed by atoms with E-state index in [0.717, 1.165) is 5.56 Å². The molecule has 118 valence electrons. The molecular formula is C17H17N3O2S. The Hall–Kier alpha value is -2.47. The van der Waals surface area contributed by atoms with Gasteiger partial charge >= 0.3 is 0 Å². The number of aromatic nitrogens is 2. The van der Waals surface area contributed by atoms with E-state index < -0.39 is 0 Å². The Bertz CT molecular complexity index is 939. The molecule has 0 aliphatic heterocycles. The van der Waals surface area contributed by atoms with Crippen molar-refractivity contribution in [3.8, 4) is 0 Å². The van der Waals surface area contributed by atoms with Crippen molar-refractivity contribution in [2.24, 2.45) is 7.05 Å². The first-order valence-corrected chi connectivity index (χ1v) is 8.07. The molecule has 5 nitrogen and oxygen atoms in total. The van der Waals surface area contributed by atoms with Crippen molar-refractivity contribution >= 4 is 27.5 Å². The maximum atomic E-state index is 12.4. The molecule has 1 N–H and O–H groups in total. The molecule has 3 aromatic rings. The fraction of sp³-hybridized carbons (Fsp3) is 0.235. The van der Waals surface area contributed by atoms with Gasteiger partial charge in [-0.3, -0.25) is 9.59 Å². The van der Waals surface area contributed by atoms with Gasteiger partial charge in [-0.05, 0) is 25.0 Å². The molecule has 0 atom stereocenters. The first kappa shape index (κ1) is 15.4. The number of carbonyl (C=O) groups excluding carboxylic acids is 1. The highest BCUT2D eigenvalue weighted by Gasteiger charge is 2.18. The summed E-state index contributed by atoms with van der Waals surface area (Å²) in [5.41, 5.74) is 2.79. The Kier molecular flexibility index (Phi) is 4.00. The molecule has 0 radical (unpaired) electrons. The molecule has 0 fully saturated rings. The summed E-state index contributed by atoms with van der Waals surface area (Å²) < 4.78 is 1.43. The zero-order chi connectivity index (χ0) is 16.6. The topological polar surface area (TPSA) is 64.0 Å². The van der Waals surface area contributed by atoms with Crippen LogP contribution in [0, 0.1) is 13.8 Å². The summed E-state index contributed by atoms with van der Waals surface area (Å²) in [4.78, 5) is 30.0. The summed E-state index contributed by atoms with van der Waals surface area (Å²) >= 11 is 1.26. The van der Waals surface area contributed by atoms with Gasteiger partial charge in [-0.1, -0.05) is 29.8 Å². The maximum absolute atomic E-state index is 12.4. The summed E-state index contributed by atoms with van der Waals surface area (Å²) in [5.74, 6) is -0.173. The number of nitrogens with one attached hydrogen (secondary N) is 1. The lowest BCUT2D eigenvalue weighted by Crippen LogP contribution is -2.22. The number of rotatable bonds is 3. The standard InChI is InChI=1S/C17H17N3O2S/c1-10-4-6-12(7-5-10)8-18-15(21)14-11(2)13-16(23-14)19-9-20(3)17(13)22/h4-7,9H,8H2,1-3H3,(H,18,21). The average molecular weight is 327 g/mol. The summed E-state index contributed by atoms with van der Waals surface area (Å²) in [6, 6.07) is 8.01. The first-order valence-electron chi connectivity index (χ1n) is 7.26. The van der Waals surface area contributed by atoms with Gasteiger partial charge in [0.15, 0.2) is 0 Å². The third kappa shape index (κ3) is 2.90. The van der Waals surface area contributed by atoms with E-state index >= 15 is 0 Å². The molecule has 2 aromatic heterocycles. The van der Waals surface area contributed by atoms with Gasteiger partial charge in [0.1, 0.15) is 4.83 Å². The van der Waals surface area contributed by atoms with Crippen LogP contribution in [0.15, 0.2) is 35.4 Å². The summed E-state index contributed by atoms with van der Waals surface area (Å²) in [6.45, 7) is 4.28. The molecule has 0 unspecified atom stereocenters. The number of hydrogen-bond acceptors (Lipinski definition) is 4. The van der Waals surface area contributed by atoms with Crippen LogP contribution >= 0.6 is 11.3 Å². The second-order valence-electron chi connectivity index (χ2n) is 5.57. The number of hydrogen-bond donors (Lipinski definition) is 1. The first-order chi connectivity index (χ1) is 11.0. The van der Waals surface area contributed by atoms with E-state index in [0.29, 0.717) is 27.2 Å². The van der Waals surface area contributed by atoms with Gasteiger partial charge < -0.3 is 9.88 Å². The molecule has 6 heteroatoms. The predicted octanol–water partition coefficient (Wildman–Crippen LogP) is 2.54. The minimum atomic E-state index is -0.173.